The average Bonchev–Trinajstić information content (AvgIpc) is 2.62. The quantitative estimate of drug-likeness (QED) is 0.283. The molecule has 0 aromatic heterocycles. The lowest BCUT2D eigenvalue weighted by atomic mass is 10.1. The molecule has 1 aromatic rings. The maximum atomic E-state index is 11.0. The third-order valence-corrected chi connectivity index (χ3v) is 3.61. The van der Waals surface area contributed by atoms with Crippen LogP contribution in [0.3, 0.4) is 0 Å². The first kappa shape index (κ1) is 25.4. The summed E-state index contributed by atoms with van der Waals surface area (Å²) in [5.74, 6) is -2.26. The highest BCUT2D eigenvalue weighted by Gasteiger charge is 2.19. The monoisotopic (exact) mass is 416 g/mol. The minimum absolute atomic E-state index is 0.0413. The van der Waals surface area contributed by atoms with Crippen LogP contribution < -0.4 is 10.1 Å². The Labute approximate surface area is 168 Å². The maximum Gasteiger partial charge on any atom is 0.328 e. The van der Waals surface area contributed by atoms with Gasteiger partial charge in [-0.3, -0.25) is 10.1 Å². The van der Waals surface area contributed by atoms with Crippen molar-refractivity contribution in [2.24, 2.45) is 0 Å². The normalized spacial score (nSPS) is 11.4. The van der Waals surface area contributed by atoms with E-state index in [1.165, 1.54) is 18.2 Å². The lowest BCUT2D eigenvalue weighted by molar-refractivity contribution is -0.386. The van der Waals surface area contributed by atoms with E-state index >= 15 is 0 Å². The van der Waals surface area contributed by atoms with Crippen LogP contribution in [0, 0.1) is 10.1 Å². The topological polar surface area (TPSA) is 139 Å². The first-order valence-electron chi connectivity index (χ1n) is 8.60. The molecule has 0 radical (unpaired) electrons. The van der Waals surface area contributed by atoms with Crippen molar-refractivity contribution in [1.82, 2.24) is 5.32 Å². The minimum Gasteiger partial charge on any atom is -0.483 e. The van der Waals surface area contributed by atoms with E-state index in [1.54, 1.807) is 0 Å². The van der Waals surface area contributed by atoms with Gasteiger partial charge in [0.15, 0.2) is 5.75 Å². The van der Waals surface area contributed by atoms with Crippen LogP contribution >= 0.6 is 11.6 Å². The summed E-state index contributed by atoms with van der Waals surface area (Å²) in [6.45, 7) is 2.92. The van der Waals surface area contributed by atoms with Gasteiger partial charge in [-0.05, 0) is 32.5 Å². The van der Waals surface area contributed by atoms with Crippen LogP contribution in [0.4, 0.5) is 5.69 Å². The summed E-state index contributed by atoms with van der Waals surface area (Å²) in [6, 6.07) is 4.39. The highest BCUT2D eigenvalue weighted by molar-refractivity contribution is 6.30. The predicted octanol–water partition coefficient (Wildman–Crippen LogP) is 3.51. The van der Waals surface area contributed by atoms with Gasteiger partial charge in [0.05, 0.1) is 4.92 Å². The van der Waals surface area contributed by atoms with Crippen LogP contribution in [0.2, 0.25) is 5.02 Å². The Morgan fingerprint density at radius 2 is 1.89 bits per heavy atom. The molecule has 0 heterocycles. The first-order valence-corrected chi connectivity index (χ1v) is 8.98. The molecule has 156 valence electrons. The molecule has 28 heavy (non-hydrogen) atoms. The van der Waals surface area contributed by atoms with Gasteiger partial charge in [0.1, 0.15) is 6.10 Å². The Morgan fingerprint density at radius 3 is 2.36 bits per heavy atom. The SMILES string of the molecule is CCCCC(CCNC)Oc1cc(Cl)ccc1[N+](=O)[O-].O=C(O)/C=C/C(=O)O. The number of benzene rings is 1. The largest absolute Gasteiger partial charge is 0.483 e. The number of nitrogens with one attached hydrogen (secondary N) is 1. The molecule has 3 N–H and O–H groups in total. The Balaban J connectivity index is 0.000000769. The van der Waals surface area contributed by atoms with E-state index in [4.69, 9.17) is 26.6 Å². The molecule has 0 saturated heterocycles. The standard InChI is InChI=1S/C14H21ClN2O3.C4H4O4/c1-3-4-5-12(8-9-16-2)20-14-10-11(15)6-7-13(14)17(18)19;5-3(6)1-2-4(7)8/h6-7,10,12,16H,3-5,8-9H2,1-2H3;1-2H,(H,5,6)(H,7,8)/b;2-1+. The summed E-state index contributed by atoms with van der Waals surface area (Å²) in [7, 11) is 1.87. The highest BCUT2D eigenvalue weighted by Crippen LogP contribution is 2.31. The van der Waals surface area contributed by atoms with E-state index in [-0.39, 0.29) is 17.5 Å². The molecule has 0 bridgehead atoms. The molecular weight excluding hydrogens is 392 g/mol. The molecule has 0 aliphatic rings. The Morgan fingerprint density at radius 1 is 1.29 bits per heavy atom. The zero-order valence-corrected chi connectivity index (χ0v) is 16.5. The molecule has 1 rings (SSSR count). The van der Waals surface area contributed by atoms with Crippen LogP contribution in [0.25, 0.3) is 0 Å². The van der Waals surface area contributed by atoms with Gasteiger partial charge in [-0.25, -0.2) is 9.59 Å². The van der Waals surface area contributed by atoms with Gasteiger partial charge in [0.2, 0.25) is 0 Å². The van der Waals surface area contributed by atoms with Crippen LogP contribution in [0.5, 0.6) is 5.75 Å². The molecule has 0 spiro atoms. The lowest BCUT2D eigenvalue weighted by Gasteiger charge is -2.19. The Kier molecular flexibility index (Phi) is 13.0. The van der Waals surface area contributed by atoms with Crippen molar-refractivity contribution in [3.8, 4) is 5.75 Å². The number of ether oxygens (including phenoxy) is 1. The number of carboxylic acids is 2. The number of nitro groups is 1. The van der Waals surface area contributed by atoms with E-state index in [0.29, 0.717) is 17.2 Å². The lowest BCUT2D eigenvalue weighted by Crippen LogP contribution is -2.23. The zero-order chi connectivity index (χ0) is 21.5. The molecule has 0 aliphatic heterocycles. The molecule has 9 nitrogen and oxygen atoms in total. The maximum absolute atomic E-state index is 11.0. The molecule has 1 unspecified atom stereocenters. The molecule has 0 fully saturated rings. The van der Waals surface area contributed by atoms with Crippen molar-refractivity contribution in [3.05, 3.63) is 45.5 Å². The number of rotatable bonds is 11. The first-order chi connectivity index (χ1) is 13.2. The van der Waals surface area contributed by atoms with Gasteiger partial charge in [-0.15, -0.1) is 0 Å². The van der Waals surface area contributed by atoms with Gasteiger partial charge in [0.25, 0.3) is 0 Å². The number of aliphatic carboxylic acids is 2. The van der Waals surface area contributed by atoms with Crippen molar-refractivity contribution < 1.29 is 29.5 Å². The fourth-order valence-electron chi connectivity index (χ4n) is 2.05. The van der Waals surface area contributed by atoms with E-state index in [0.717, 1.165) is 32.2 Å². The number of hydrogen-bond acceptors (Lipinski definition) is 6. The highest BCUT2D eigenvalue weighted by atomic mass is 35.5. The van der Waals surface area contributed by atoms with Crippen LogP contribution in [0.1, 0.15) is 32.6 Å². The Bertz CT molecular complexity index is 656. The molecule has 0 saturated carbocycles. The Hall–Kier alpha value is -2.65. The van der Waals surface area contributed by atoms with Gasteiger partial charge < -0.3 is 20.3 Å². The van der Waals surface area contributed by atoms with Gasteiger partial charge in [-0.1, -0.05) is 31.4 Å². The summed E-state index contributed by atoms with van der Waals surface area (Å²) in [6.07, 6.45) is 4.85. The van der Waals surface area contributed by atoms with Gasteiger partial charge in [-0.2, -0.15) is 0 Å². The number of hydrogen-bond donors (Lipinski definition) is 3. The van der Waals surface area contributed by atoms with Crippen molar-refractivity contribution in [3.63, 3.8) is 0 Å². The van der Waals surface area contributed by atoms with Crippen molar-refractivity contribution in [1.29, 1.82) is 0 Å². The summed E-state index contributed by atoms with van der Waals surface area (Å²) in [5, 5.41) is 30.1. The molecule has 1 atom stereocenters. The number of carbonyl (C=O) groups is 2. The number of carboxylic acid groups (broad SMARTS) is 2. The fourth-order valence-corrected chi connectivity index (χ4v) is 2.22. The number of unbranched alkanes of at least 4 members (excludes halogenated alkanes) is 1. The number of nitro benzene ring substituents is 1. The van der Waals surface area contributed by atoms with Gasteiger partial charge in [0, 0.05) is 29.3 Å². The smallest absolute Gasteiger partial charge is 0.328 e. The van der Waals surface area contributed by atoms with Crippen LogP contribution in [0.15, 0.2) is 30.4 Å². The average molecular weight is 417 g/mol. The van der Waals surface area contributed by atoms with Crippen LogP contribution in [-0.4, -0.2) is 46.8 Å². The molecule has 0 aliphatic carbocycles. The van der Waals surface area contributed by atoms with E-state index in [1.807, 2.05) is 7.05 Å². The van der Waals surface area contributed by atoms with Crippen molar-refractivity contribution in [2.75, 3.05) is 13.6 Å². The molecule has 0 amide bonds. The minimum atomic E-state index is -1.26. The third kappa shape index (κ3) is 11.9. The molecule has 1 aromatic carbocycles. The second-order valence-corrected chi connectivity index (χ2v) is 6.09. The van der Waals surface area contributed by atoms with Crippen molar-refractivity contribution >= 4 is 29.2 Å². The third-order valence-electron chi connectivity index (χ3n) is 3.38. The van der Waals surface area contributed by atoms with Crippen molar-refractivity contribution in [2.45, 2.75) is 38.7 Å². The van der Waals surface area contributed by atoms with E-state index < -0.39 is 16.9 Å². The molecule has 10 heteroatoms. The van der Waals surface area contributed by atoms with E-state index in [2.05, 4.69) is 12.2 Å². The second kappa shape index (κ2) is 14.4. The fraction of sp³-hybridized carbons (Fsp3) is 0.444. The van der Waals surface area contributed by atoms with Gasteiger partial charge >= 0.3 is 17.6 Å². The summed E-state index contributed by atoms with van der Waals surface area (Å²) in [4.78, 5) is 29.7. The summed E-state index contributed by atoms with van der Waals surface area (Å²) >= 11 is 5.90. The summed E-state index contributed by atoms with van der Waals surface area (Å²) < 4.78 is 5.83. The molecular formula is C18H25ClN2O7. The second-order valence-electron chi connectivity index (χ2n) is 5.65. The van der Waals surface area contributed by atoms with Crippen LogP contribution in [-0.2, 0) is 9.59 Å². The number of nitrogens with zero attached hydrogens (tertiary/aromatic N) is 1. The zero-order valence-electron chi connectivity index (χ0n) is 15.8. The number of halogens is 1. The summed E-state index contributed by atoms with van der Waals surface area (Å²) in [5.41, 5.74) is -0.0413. The van der Waals surface area contributed by atoms with E-state index in [9.17, 15) is 19.7 Å². The predicted molar refractivity (Wildman–Crippen MR) is 105 cm³/mol.